The molecule has 1 aromatic rings. The Bertz CT molecular complexity index is 643. The van der Waals surface area contributed by atoms with Crippen LogP contribution in [-0.4, -0.2) is 35.1 Å². The van der Waals surface area contributed by atoms with E-state index in [1.165, 1.54) is 14.0 Å². The second-order valence-electron chi connectivity index (χ2n) is 6.08. The monoisotopic (exact) mass is 414 g/mol. The van der Waals surface area contributed by atoms with Gasteiger partial charge in [-0.2, -0.15) is 0 Å². The van der Waals surface area contributed by atoms with Gasteiger partial charge < -0.3 is 18.9 Å². The summed E-state index contributed by atoms with van der Waals surface area (Å²) in [5.41, 5.74) is 3.88. The van der Waals surface area contributed by atoms with Gasteiger partial charge >= 0.3 is 5.97 Å². The number of ether oxygens (including phenoxy) is 4. The maximum absolute atomic E-state index is 11.5. The van der Waals surface area contributed by atoms with Gasteiger partial charge in [-0.3, -0.25) is 4.79 Å². The average molecular weight is 415 g/mol. The van der Waals surface area contributed by atoms with Crippen LogP contribution in [-0.2, 0) is 14.3 Å². The van der Waals surface area contributed by atoms with Crippen molar-refractivity contribution < 1.29 is 23.7 Å². The summed E-state index contributed by atoms with van der Waals surface area (Å²) >= 11 is 3.44. The van der Waals surface area contributed by atoms with Gasteiger partial charge in [0.2, 0.25) is 0 Å². The second kappa shape index (κ2) is 9.11. The molecule has 0 aromatic heterocycles. The predicted octanol–water partition coefficient (Wildman–Crippen LogP) is 3.93. The molecule has 132 valence electrons. The maximum atomic E-state index is 11.5. The van der Waals surface area contributed by atoms with Crippen LogP contribution in [0.15, 0.2) is 16.6 Å². The van der Waals surface area contributed by atoms with Crippen molar-refractivity contribution in [3.05, 3.63) is 22.2 Å². The van der Waals surface area contributed by atoms with E-state index in [1.54, 1.807) is 19.2 Å². The summed E-state index contributed by atoms with van der Waals surface area (Å²) in [5, 5.41) is 0. The number of carbonyl (C=O) groups excluding carboxylic acids is 1. The lowest BCUT2D eigenvalue weighted by molar-refractivity contribution is -0.144. The summed E-state index contributed by atoms with van der Waals surface area (Å²) in [5.74, 6) is 3.76. The van der Waals surface area contributed by atoms with Crippen molar-refractivity contribution in [2.45, 2.75) is 32.7 Å². The van der Waals surface area contributed by atoms with Crippen molar-refractivity contribution in [3.8, 4) is 23.0 Å². The Kier molecular flexibility index (Phi) is 7.80. The third kappa shape index (κ3) is 6.55. The highest BCUT2D eigenvalue weighted by atomic mass is 79.9. The predicted molar refractivity (Wildman–Crippen MR) is 98.8 cm³/mol. The summed E-state index contributed by atoms with van der Waals surface area (Å²) in [6.07, 6.45) is -0.719. The first-order valence-corrected chi connectivity index (χ1v) is 11.7. The molecule has 0 radical (unpaired) electrons. The number of rotatable bonds is 6. The standard InChI is InChI=1S/C17H23BrO5Si/c1-12(19)23-15(7-8-24(4,5)6)13-9-14(18)17(21-3)10-16(13)22-11-20-2/h9-10,15H,11H2,1-6H3. The number of benzene rings is 1. The molecule has 0 aliphatic heterocycles. The van der Waals surface area contributed by atoms with E-state index in [-0.39, 0.29) is 6.79 Å². The molecule has 0 bridgehead atoms. The molecule has 0 amide bonds. The Labute approximate surface area is 152 Å². The molecular weight excluding hydrogens is 392 g/mol. The quantitative estimate of drug-likeness (QED) is 0.305. The summed E-state index contributed by atoms with van der Waals surface area (Å²) < 4.78 is 22.0. The van der Waals surface area contributed by atoms with E-state index in [0.717, 1.165) is 4.47 Å². The van der Waals surface area contributed by atoms with Crippen LogP contribution in [0.5, 0.6) is 11.5 Å². The highest BCUT2D eigenvalue weighted by Gasteiger charge is 2.21. The van der Waals surface area contributed by atoms with E-state index >= 15 is 0 Å². The van der Waals surface area contributed by atoms with Gasteiger partial charge in [0, 0.05) is 25.7 Å². The van der Waals surface area contributed by atoms with Gasteiger partial charge in [0.25, 0.3) is 0 Å². The Morgan fingerprint density at radius 2 is 1.92 bits per heavy atom. The lowest BCUT2D eigenvalue weighted by Crippen LogP contribution is -2.18. The zero-order chi connectivity index (χ0) is 18.3. The van der Waals surface area contributed by atoms with Crippen molar-refractivity contribution in [2.24, 2.45) is 0 Å². The molecule has 7 heteroatoms. The molecule has 0 aliphatic carbocycles. The van der Waals surface area contributed by atoms with Crippen molar-refractivity contribution in [1.29, 1.82) is 0 Å². The van der Waals surface area contributed by atoms with Crippen LogP contribution >= 0.6 is 15.9 Å². The van der Waals surface area contributed by atoms with E-state index in [1.807, 2.05) is 0 Å². The van der Waals surface area contributed by atoms with Gasteiger partial charge in [-0.15, -0.1) is 5.54 Å². The highest BCUT2D eigenvalue weighted by molar-refractivity contribution is 9.10. The molecule has 24 heavy (non-hydrogen) atoms. The fraction of sp³-hybridized carbons (Fsp3) is 0.471. The van der Waals surface area contributed by atoms with Gasteiger partial charge in [0.15, 0.2) is 12.9 Å². The molecule has 1 atom stereocenters. The van der Waals surface area contributed by atoms with Crippen LogP contribution in [0, 0.1) is 11.5 Å². The Balaban J connectivity index is 3.39. The van der Waals surface area contributed by atoms with Gasteiger partial charge in [0.1, 0.15) is 19.6 Å². The lowest BCUT2D eigenvalue weighted by atomic mass is 10.1. The van der Waals surface area contributed by atoms with E-state index in [9.17, 15) is 4.79 Å². The molecule has 1 rings (SSSR count). The summed E-state index contributed by atoms with van der Waals surface area (Å²) in [6.45, 7) is 7.79. The molecule has 1 unspecified atom stereocenters. The molecule has 5 nitrogen and oxygen atoms in total. The van der Waals surface area contributed by atoms with Crippen molar-refractivity contribution in [2.75, 3.05) is 21.0 Å². The molecule has 0 aliphatic rings. The Hall–Kier alpha value is -1.49. The summed E-state index contributed by atoms with van der Waals surface area (Å²) in [6, 6.07) is 3.50. The fourth-order valence-electron chi connectivity index (χ4n) is 1.78. The van der Waals surface area contributed by atoms with Gasteiger partial charge in [-0.1, -0.05) is 25.6 Å². The first-order valence-electron chi connectivity index (χ1n) is 7.37. The largest absolute Gasteiger partial charge is 0.495 e. The van der Waals surface area contributed by atoms with Crippen LogP contribution in [0.2, 0.25) is 19.6 Å². The second-order valence-corrected chi connectivity index (χ2v) is 11.7. The molecule has 0 saturated heterocycles. The van der Waals surface area contributed by atoms with Crippen molar-refractivity contribution >= 4 is 30.0 Å². The van der Waals surface area contributed by atoms with E-state index in [0.29, 0.717) is 17.1 Å². The lowest BCUT2D eigenvalue weighted by Gasteiger charge is -2.18. The number of methoxy groups -OCH3 is 2. The Morgan fingerprint density at radius 1 is 1.25 bits per heavy atom. The van der Waals surface area contributed by atoms with E-state index in [2.05, 4.69) is 47.0 Å². The molecule has 0 saturated carbocycles. The molecule has 0 heterocycles. The number of hydrogen-bond acceptors (Lipinski definition) is 5. The smallest absolute Gasteiger partial charge is 0.304 e. The van der Waals surface area contributed by atoms with E-state index < -0.39 is 20.1 Å². The molecular formula is C17H23BrO5Si. The maximum Gasteiger partial charge on any atom is 0.304 e. The first kappa shape index (κ1) is 20.6. The number of halogens is 1. The number of carbonyl (C=O) groups is 1. The van der Waals surface area contributed by atoms with Crippen LogP contribution in [0.3, 0.4) is 0 Å². The van der Waals surface area contributed by atoms with Crippen LogP contribution < -0.4 is 9.47 Å². The minimum absolute atomic E-state index is 0.0615. The Morgan fingerprint density at radius 3 is 2.42 bits per heavy atom. The normalized spacial score (nSPS) is 12.0. The van der Waals surface area contributed by atoms with Gasteiger partial charge in [-0.05, 0) is 22.0 Å². The summed E-state index contributed by atoms with van der Waals surface area (Å²) in [7, 11) is 1.46. The zero-order valence-electron chi connectivity index (χ0n) is 14.9. The molecule has 1 aromatic carbocycles. The molecule has 0 fully saturated rings. The van der Waals surface area contributed by atoms with Crippen LogP contribution in [0.25, 0.3) is 0 Å². The minimum atomic E-state index is -1.63. The third-order valence-corrected chi connectivity index (χ3v) is 4.28. The van der Waals surface area contributed by atoms with Gasteiger partial charge in [-0.25, -0.2) is 0 Å². The van der Waals surface area contributed by atoms with Crippen molar-refractivity contribution in [3.63, 3.8) is 0 Å². The topological polar surface area (TPSA) is 54.0 Å². The van der Waals surface area contributed by atoms with E-state index in [4.69, 9.17) is 18.9 Å². The number of hydrogen-bond donors (Lipinski definition) is 0. The number of esters is 1. The highest BCUT2D eigenvalue weighted by Crippen LogP contribution is 2.37. The fourth-order valence-corrected chi connectivity index (χ4v) is 2.86. The molecule has 0 N–H and O–H groups in total. The first-order chi connectivity index (χ1) is 11.2. The zero-order valence-corrected chi connectivity index (χ0v) is 17.4. The SMILES string of the molecule is COCOc1cc(OC)c(Br)cc1C(C#C[Si](C)(C)C)OC(C)=O. The van der Waals surface area contributed by atoms with Gasteiger partial charge in [0.05, 0.1) is 11.6 Å². The van der Waals surface area contributed by atoms with Crippen LogP contribution in [0.1, 0.15) is 18.6 Å². The summed E-state index contributed by atoms with van der Waals surface area (Å²) in [4.78, 5) is 11.5. The van der Waals surface area contributed by atoms with Crippen LogP contribution in [0.4, 0.5) is 0 Å². The minimum Gasteiger partial charge on any atom is -0.495 e. The molecule has 0 spiro atoms. The average Bonchev–Trinajstić information content (AvgIpc) is 2.48. The van der Waals surface area contributed by atoms with Crippen molar-refractivity contribution in [1.82, 2.24) is 0 Å². The third-order valence-electron chi connectivity index (χ3n) is 2.76.